The standard InChI is InChI=1S/C12H13IN4S/c1-2-14-10-8(13)9(7-3-4-7)16-11(17-10)12-15-5-6-18-12/h5-7H,2-4H2,1H3,(H,14,16,17). The Kier molecular flexibility index (Phi) is 3.47. The van der Waals surface area contributed by atoms with E-state index in [0.717, 1.165) is 26.8 Å². The Morgan fingerprint density at radius 3 is 2.89 bits per heavy atom. The Morgan fingerprint density at radius 1 is 1.44 bits per heavy atom. The van der Waals surface area contributed by atoms with Crippen LogP contribution in [-0.4, -0.2) is 21.5 Å². The highest BCUT2D eigenvalue weighted by molar-refractivity contribution is 14.1. The highest BCUT2D eigenvalue weighted by Gasteiger charge is 2.29. The molecule has 94 valence electrons. The molecule has 4 nitrogen and oxygen atoms in total. The molecule has 1 fully saturated rings. The van der Waals surface area contributed by atoms with Crippen LogP contribution in [0, 0.1) is 3.57 Å². The molecule has 0 unspecified atom stereocenters. The van der Waals surface area contributed by atoms with Crippen LogP contribution in [0.2, 0.25) is 0 Å². The van der Waals surface area contributed by atoms with Gasteiger partial charge in [-0.25, -0.2) is 15.0 Å². The second-order valence-corrected chi connectivity index (χ2v) is 6.21. The lowest BCUT2D eigenvalue weighted by molar-refractivity contribution is 0.970. The van der Waals surface area contributed by atoms with E-state index in [2.05, 4.69) is 44.8 Å². The summed E-state index contributed by atoms with van der Waals surface area (Å²) in [4.78, 5) is 13.6. The molecule has 0 aliphatic heterocycles. The molecule has 0 saturated heterocycles. The maximum Gasteiger partial charge on any atom is 0.191 e. The molecule has 1 aliphatic rings. The highest BCUT2D eigenvalue weighted by atomic mass is 127. The number of nitrogens with one attached hydrogen (secondary N) is 1. The van der Waals surface area contributed by atoms with Crippen LogP contribution in [0.5, 0.6) is 0 Å². The summed E-state index contributed by atoms with van der Waals surface area (Å²) in [5.41, 5.74) is 1.19. The lowest BCUT2D eigenvalue weighted by atomic mass is 10.2. The van der Waals surface area contributed by atoms with Crippen LogP contribution >= 0.6 is 33.9 Å². The molecule has 0 amide bonds. The van der Waals surface area contributed by atoms with Crippen LogP contribution in [0.3, 0.4) is 0 Å². The van der Waals surface area contributed by atoms with Crippen molar-refractivity contribution in [3.63, 3.8) is 0 Å². The molecular weight excluding hydrogens is 359 g/mol. The van der Waals surface area contributed by atoms with Crippen molar-refractivity contribution in [1.82, 2.24) is 15.0 Å². The third-order valence-corrected chi connectivity index (χ3v) is 4.64. The summed E-state index contributed by atoms with van der Waals surface area (Å²) in [5, 5.41) is 6.17. The number of halogens is 1. The van der Waals surface area contributed by atoms with Gasteiger partial charge in [0.1, 0.15) is 5.82 Å². The van der Waals surface area contributed by atoms with E-state index in [4.69, 9.17) is 4.98 Å². The molecule has 2 aromatic heterocycles. The van der Waals surface area contributed by atoms with E-state index in [1.54, 1.807) is 17.5 Å². The van der Waals surface area contributed by atoms with E-state index in [9.17, 15) is 0 Å². The van der Waals surface area contributed by atoms with E-state index in [0.29, 0.717) is 5.92 Å². The average Bonchev–Trinajstić information content (AvgIpc) is 3.06. The Labute approximate surface area is 123 Å². The summed E-state index contributed by atoms with van der Waals surface area (Å²) in [6.45, 7) is 2.95. The van der Waals surface area contributed by atoms with Gasteiger partial charge in [0.2, 0.25) is 0 Å². The van der Waals surface area contributed by atoms with Gasteiger partial charge >= 0.3 is 0 Å². The van der Waals surface area contributed by atoms with Gasteiger partial charge in [-0.1, -0.05) is 0 Å². The van der Waals surface area contributed by atoms with Crippen LogP contribution in [0.1, 0.15) is 31.4 Å². The topological polar surface area (TPSA) is 50.7 Å². The highest BCUT2D eigenvalue weighted by Crippen LogP contribution is 2.43. The minimum Gasteiger partial charge on any atom is -0.369 e. The van der Waals surface area contributed by atoms with Crippen molar-refractivity contribution < 1.29 is 0 Å². The molecule has 0 aromatic carbocycles. The fourth-order valence-electron chi connectivity index (χ4n) is 1.81. The zero-order valence-electron chi connectivity index (χ0n) is 9.98. The molecule has 3 rings (SSSR count). The van der Waals surface area contributed by atoms with Gasteiger partial charge in [-0.15, -0.1) is 11.3 Å². The first-order valence-electron chi connectivity index (χ1n) is 6.00. The zero-order valence-corrected chi connectivity index (χ0v) is 13.0. The first-order valence-corrected chi connectivity index (χ1v) is 7.96. The summed E-state index contributed by atoms with van der Waals surface area (Å²) in [5.74, 6) is 2.32. The Balaban J connectivity index is 2.09. The third-order valence-electron chi connectivity index (χ3n) is 2.81. The molecular formula is C12H13IN4S. The number of thiazole rings is 1. The molecule has 1 N–H and O–H groups in total. The summed E-state index contributed by atoms with van der Waals surface area (Å²) in [7, 11) is 0. The Hall–Kier alpha value is -0.760. The van der Waals surface area contributed by atoms with E-state index in [-0.39, 0.29) is 0 Å². The number of rotatable bonds is 4. The van der Waals surface area contributed by atoms with Crippen molar-refractivity contribution in [1.29, 1.82) is 0 Å². The van der Waals surface area contributed by atoms with Crippen molar-refractivity contribution in [3.8, 4) is 10.8 Å². The first kappa shape index (κ1) is 12.3. The maximum atomic E-state index is 4.71. The summed E-state index contributed by atoms with van der Waals surface area (Å²) >= 11 is 3.93. The molecule has 0 radical (unpaired) electrons. The lowest BCUT2D eigenvalue weighted by Gasteiger charge is -2.10. The van der Waals surface area contributed by atoms with Crippen LogP contribution in [-0.2, 0) is 0 Å². The smallest absolute Gasteiger partial charge is 0.191 e. The molecule has 0 atom stereocenters. The quantitative estimate of drug-likeness (QED) is 0.835. The summed E-state index contributed by atoms with van der Waals surface area (Å²) in [6.07, 6.45) is 4.29. The molecule has 18 heavy (non-hydrogen) atoms. The van der Waals surface area contributed by atoms with Gasteiger partial charge in [0.25, 0.3) is 0 Å². The van der Waals surface area contributed by atoms with Crippen LogP contribution in [0.4, 0.5) is 5.82 Å². The molecule has 2 heterocycles. The SMILES string of the molecule is CCNc1nc(-c2nccs2)nc(C2CC2)c1I. The van der Waals surface area contributed by atoms with Crippen LogP contribution in [0.25, 0.3) is 10.8 Å². The molecule has 0 bridgehead atoms. The number of hydrogen-bond acceptors (Lipinski definition) is 5. The predicted molar refractivity (Wildman–Crippen MR) is 82.0 cm³/mol. The summed E-state index contributed by atoms with van der Waals surface area (Å²) in [6, 6.07) is 0. The predicted octanol–water partition coefficient (Wildman–Crippen LogP) is 3.51. The van der Waals surface area contributed by atoms with Gasteiger partial charge < -0.3 is 5.32 Å². The number of nitrogens with zero attached hydrogens (tertiary/aromatic N) is 3. The van der Waals surface area contributed by atoms with Crippen LogP contribution < -0.4 is 5.32 Å². The maximum absolute atomic E-state index is 4.71. The third kappa shape index (κ3) is 2.35. The first-order chi connectivity index (χ1) is 8.79. The normalized spacial score (nSPS) is 14.8. The van der Waals surface area contributed by atoms with E-state index in [1.807, 2.05) is 5.38 Å². The minimum absolute atomic E-state index is 0.621. The Bertz CT molecular complexity index is 551. The van der Waals surface area contributed by atoms with Crippen LogP contribution in [0.15, 0.2) is 11.6 Å². The van der Waals surface area contributed by atoms with E-state index < -0.39 is 0 Å². The van der Waals surface area contributed by atoms with Gasteiger partial charge in [0.05, 0.1) is 9.26 Å². The van der Waals surface area contributed by atoms with Crippen molar-refractivity contribution >= 4 is 39.7 Å². The minimum atomic E-state index is 0.621. The van der Waals surface area contributed by atoms with Gasteiger partial charge in [0.15, 0.2) is 10.8 Å². The summed E-state index contributed by atoms with van der Waals surface area (Å²) < 4.78 is 1.16. The fraction of sp³-hybridized carbons (Fsp3) is 0.417. The zero-order chi connectivity index (χ0) is 12.5. The van der Waals surface area contributed by atoms with Gasteiger partial charge in [0, 0.05) is 24.0 Å². The van der Waals surface area contributed by atoms with Crippen molar-refractivity contribution in [2.75, 3.05) is 11.9 Å². The largest absolute Gasteiger partial charge is 0.369 e. The molecule has 0 spiro atoms. The van der Waals surface area contributed by atoms with Gasteiger partial charge in [-0.3, -0.25) is 0 Å². The van der Waals surface area contributed by atoms with E-state index in [1.165, 1.54) is 18.5 Å². The Morgan fingerprint density at radius 2 is 2.28 bits per heavy atom. The fourth-order valence-corrected chi connectivity index (χ4v) is 3.25. The average molecular weight is 372 g/mol. The lowest BCUT2D eigenvalue weighted by Crippen LogP contribution is -2.07. The molecule has 2 aromatic rings. The van der Waals surface area contributed by atoms with Crippen molar-refractivity contribution in [3.05, 3.63) is 20.8 Å². The molecule has 1 saturated carbocycles. The molecule has 1 aliphatic carbocycles. The number of aromatic nitrogens is 3. The second-order valence-electron chi connectivity index (χ2n) is 4.24. The van der Waals surface area contributed by atoms with Gasteiger partial charge in [-0.2, -0.15) is 0 Å². The van der Waals surface area contributed by atoms with Gasteiger partial charge in [-0.05, 0) is 42.4 Å². The van der Waals surface area contributed by atoms with E-state index >= 15 is 0 Å². The van der Waals surface area contributed by atoms with Crippen molar-refractivity contribution in [2.45, 2.75) is 25.7 Å². The second kappa shape index (κ2) is 5.08. The molecule has 6 heteroatoms. The number of hydrogen-bond donors (Lipinski definition) is 1. The monoisotopic (exact) mass is 372 g/mol. The van der Waals surface area contributed by atoms with Crippen molar-refractivity contribution in [2.24, 2.45) is 0 Å². The number of anilines is 1.